The molecule has 1 aliphatic carbocycles. The first-order valence-corrected chi connectivity index (χ1v) is 4.87. The number of nitrogens with two attached hydrogens (primary N) is 1. The number of carbonyl (C=O) groups is 1. The van der Waals surface area contributed by atoms with Crippen molar-refractivity contribution in [2.24, 2.45) is 11.7 Å². The highest BCUT2D eigenvalue weighted by molar-refractivity contribution is 5.64. The highest BCUT2D eigenvalue weighted by Crippen LogP contribution is 2.23. The Morgan fingerprint density at radius 2 is 2.36 bits per heavy atom. The van der Waals surface area contributed by atoms with Crippen LogP contribution in [0.5, 0.6) is 0 Å². The first kappa shape index (κ1) is 11.3. The molecule has 1 saturated carbocycles. The molecule has 1 amide bonds. The van der Waals surface area contributed by atoms with E-state index in [1.165, 1.54) is 0 Å². The molecule has 0 saturated heterocycles. The number of nitrogens with one attached hydrogen (secondary N) is 1. The molecule has 0 heterocycles. The Hall–Kier alpha value is -0.810. The minimum absolute atomic E-state index is 0.00718. The van der Waals surface area contributed by atoms with E-state index in [0.717, 1.165) is 19.3 Å². The highest BCUT2D eigenvalue weighted by atomic mass is 16.5. The molecule has 2 unspecified atom stereocenters. The summed E-state index contributed by atoms with van der Waals surface area (Å²) in [4.78, 5) is 10.5. The fourth-order valence-corrected chi connectivity index (χ4v) is 2.05. The van der Waals surface area contributed by atoms with Gasteiger partial charge in [-0.15, -0.1) is 0 Å². The summed E-state index contributed by atoms with van der Waals surface area (Å²) in [5.41, 5.74) is 5.82. The molecule has 82 valence electrons. The molecule has 0 aliphatic heterocycles. The third kappa shape index (κ3) is 3.16. The average molecular weight is 202 g/mol. The van der Waals surface area contributed by atoms with Gasteiger partial charge in [0.15, 0.2) is 0 Å². The summed E-state index contributed by atoms with van der Waals surface area (Å²) >= 11 is 0. The van der Waals surface area contributed by atoms with Gasteiger partial charge in [0, 0.05) is 25.1 Å². The predicted octanol–water partition coefficient (Wildman–Crippen LogP) is 0.396. The minimum atomic E-state index is -0.966. The van der Waals surface area contributed by atoms with Gasteiger partial charge in [-0.2, -0.15) is 0 Å². The molecule has 1 aliphatic rings. The quantitative estimate of drug-likeness (QED) is 0.618. The van der Waals surface area contributed by atoms with Crippen molar-refractivity contribution in [2.75, 3.05) is 13.7 Å². The Bertz CT molecular complexity index is 198. The number of ether oxygens (including phenoxy) is 1. The molecule has 1 fully saturated rings. The maximum Gasteiger partial charge on any atom is 0.404 e. The van der Waals surface area contributed by atoms with Gasteiger partial charge in [0.1, 0.15) is 0 Å². The largest absolute Gasteiger partial charge is 0.465 e. The van der Waals surface area contributed by atoms with Gasteiger partial charge in [0.25, 0.3) is 0 Å². The summed E-state index contributed by atoms with van der Waals surface area (Å²) in [6.45, 7) is 0.568. The van der Waals surface area contributed by atoms with Crippen molar-refractivity contribution in [1.29, 1.82) is 0 Å². The fourth-order valence-electron chi connectivity index (χ4n) is 2.05. The van der Waals surface area contributed by atoms with E-state index in [0.29, 0.717) is 6.61 Å². The first-order chi connectivity index (χ1) is 6.63. The third-order valence-electron chi connectivity index (χ3n) is 2.71. The summed E-state index contributed by atoms with van der Waals surface area (Å²) in [6, 6.07) is 0.175. The zero-order chi connectivity index (χ0) is 10.6. The molecule has 0 aromatic carbocycles. The lowest BCUT2D eigenvalue weighted by atomic mass is 9.82. The van der Waals surface area contributed by atoms with Crippen LogP contribution in [0.15, 0.2) is 0 Å². The molecule has 0 spiro atoms. The molecule has 1 rings (SSSR count). The molecule has 0 aromatic heterocycles. The number of methoxy groups -OCH3 is 1. The van der Waals surface area contributed by atoms with E-state index >= 15 is 0 Å². The normalized spacial score (nSPS) is 32.6. The van der Waals surface area contributed by atoms with Gasteiger partial charge in [-0.1, -0.05) is 0 Å². The van der Waals surface area contributed by atoms with Crippen molar-refractivity contribution >= 4 is 6.09 Å². The van der Waals surface area contributed by atoms with Crippen LogP contribution in [0, 0.1) is 5.92 Å². The zero-order valence-electron chi connectivity index (χ0n) is 8.40. The Kier molecular flexibility index (Phi) is 4.16. The van der Waals surface area contributed by atoms with E-state index < -0.39 is 6.09 Å². The zero-order valence-corrected chi connectivity index (χ0v) is 8.40. The van der Waals surface area contributed by atoms with E-state index in [1.807, 2.05) is 0 Å². The molecular formula is C9H18N2O3. The second kappa shape index (κ2) is 5.17. The molecule has 0 radical (unpaired) electrons. The minimum Gasteiger partial charge on any atom is -0.465 e. The van der Waals surface area contributed by atoms with Gasteiger partial charge in [-0.25, -0.2) is 4.79 Å². The summed E-state index contributed by atoms with van der Waals surface area (Å²) in [5, 5.41) is 11.2. The molecule has 3 atom stereocenters. The summed E-state index contributed by atoms with van der Waals surface area (Å²) < 4.78 is 5.05. The summed E-state index contributed by atoms with van der Waals surface area (Å²) in [7, 11) is 1.62. The van der Waals surface area contributed by atoms with Crippen LogP contribution < -0.4 is 11.1 Å². The van der Waals surface area contributed by atoms with Crippen LogP contribution in [0.4, 0.5) is 4.79 Å². The van der Waals surface area contributed by atoms with E-state index in [-0.39, 0.29) is 18.0 Å². The van der Waals surface area contributed by atoms with Crippen molar-refractivity contribution in [3.8, 4) is 0 Å². The van der Waals surface area contributed by atoms with Crippen molar-refractivity contribution in [3.05, 3.63) is 0 Å². The average Bonchev–Trinajstić information content (AvgIpc) is 2.09. The number of rotatable bonds is 3. The third-order valence-corrected chi connectivity index (χ3v) is 2.71. The Balaban J connectivity index is 2.48. The van der Waals surface area contributed by atoms with Gasteiger partial charge in [0.2, 0.25) is 0 Å². The Labute approximate surface area is 83.6 Å². The topological polar surface area (TPSA) is 84.6 Å². The monoisotopic (exact) mass is 202 g/mol. The summed E-state index contributed by atoms with van der Waals surface area (Å²) in [6.07, 6.45) is 1.55. The number of carboxylic acid groups (broad SMARTS) is 1. The van der Waals surface area contributed by atoms with Gasteiger partial charge < -0.3 is 20.9 Å². The van der Waals surface area contributed by atoms with E-state index in [9.17, 15) is 4.79 Å². The predicted molar refractivity (Wildman–Crippen MR) is 52.1 cm³/mol. The van der Waals surface area contributed by atoms with E-state index in [4.69, 9.17) is 15.6 Å². The van der Waals surface area contributed by atoms with Gasteiger partial charge in [0.05, 0.1) is 6.61 Å². The van der Waals surface area contributed by atoms with Gasteiger partial charge in [-0.05, 0) is 19.3 Å². The van der Waals surface area contributed by atoms with Crippen LogP contribution in [0.2, 0.25) is 0 Å². The van der Waals surface area contributed by atoms with Gasteiger partial charge in [-0.3, -0.25) is 0 Å². The molecule has 5 nitrogen and oxygen atoms in total. The number of amides is 1. The molecule has 4 N–H and O–H groups in total. The maximum atomic E-state index is 10.5. The fraction of sp³-hybridized carbons (Fsp3) is 0.889. The van der Waals surface area contributed by atoms with Crippen LogP contribution in [0.1, 0.15) is 19.3 Å². The molecule has 0 bridgehead atoms. The Morgan fingerprint density at radius 1 is 1.64 bits per heavy atom. The van der Waals surface area contributed by atoms with E-state index in [2.05, 4.69) is 5.32 Å². The van der Waals surface area contributed by atoms with Crippen LogP contribution in [0.3, 0.4) is 0 Å². The molecule has 0 aromatic rings. The lowest BCUT2D eigenvalue weighted by molar-refractivity contribution is 0.0994. The second-order valence-electron chi connectivity index (χ2n) is 3.84. The van der Waals surface area contributed by atoms with Crippen LogP contribution in [-0.2, 0) is 4.74 Å². The molecule has 14 heavy (non-hydrogen) atoms. The van der Waals surface area contributed by atoms with Crippen LogP contribution >= 0.6 is 0 Å². The Morgan fingerprint density at radius 3 is 2.93 bits per heavy atom. The van der Waals surface area contributed by atoms with Crippen LogP contribution in [-0.4, -0.2) is 37.0 Å². The number of hydrogen-bond acceptors (Lipinski definition) is 3. The van der Waals surface area contributed by atoms with Crippen molar-refractivity contribution in [1.82, 2.24) is 5.32 Å². The lowest BCUT2D eigenvalue weighted by Gasteiger charge is -2.34. The van der Waals surface area contributed by atoms with Crippen LogP contribution in [0.25, 0.3) is 0 Å². The molecular weight excluding hydrogens is 184 g/mol. The smallest absolute Gasteiger partial charge is 0.404 e. The summed E-state index contributed by atoms with van der Waals surface area (Å²) in [5.74, 6) is 0.208. The second-order valence-corrected chi connectivity index (χ2v) is 3.84. The van der Waals surface area contributed by atoms with Gasteiger partial charge >= 0.3 is 6.09 Å². The number of hydrogen-bond donors (Lipinski definition) is 3. The lowest BCUT2D eigenvalue weighted by Crippen LogP contribution is -2.47. The standard InChI is InChI=1S/C9H18N2O3/c1-14-5-6-4-7(10)2-3-8(6)11-9(12)13/h6-8,11H,2-5,10H2,1H3,(H,12,13)/t6?,7-,8?/m1/s1. The first-order valence-electron chi connectivity index (χ1n) is 4.87. The SMILES string of the molecule is COCC1C[C@H](N)CCC1NC(=O)O. The van der Waals surface area contributed by atoms with Crippen molar-refractivity contribution < 1.29 is 14.6 Å². The van der Waals surface area contributed by atoms with Crippen molar-refractivity contribution in [3.63, 3.8) is 0 Å². The highest BCUT2D eigenvalue weighted by Gasteiger charge is 2.29. The maximum absolute atomic E-state index is 10.5. The van der Waals surface area contributed by atoms with E-state index in [1.54, 1.807) is 7.11 Å². The molecule has 5 heteroatoms. The van der Waals surface area contributed by atoms with Crippen molar-refractivity contribution in [2.45, 2.75) is 31.3 Å².